The normalized spacial score (nSPS) is 32.7. The Morgan fingerprint density at radius 3 is 2.29 bits per heavy atom. The Morgan fingerprint density at radius 2 is 1.55 bits per heavy atom. The highest BCUT2D eigenvalue weighted by molar-refractivity contribution is 5.25. The Morgan fingerprint density at radius 1 is 0.816 bits per heavy atom. The van der Waals surface area contributed by atoms with Crippen molar-refractivity contribution >= 4 is 0 Å². The van der Waals surface area contributed by atoms with Crippen molar-refractivity contribution in [3.8, 4) is 0 Å². The van der Waals surface area contributed by atoms with Gasteiger partial charge in [0.15, 0.2) is 0 Å². The summed E-state index contributed by atoms with van der Waals surface area (Å²) < 4.78 is 18.4. The summed E-state index contributed by atoms with van der Waals surface area (Å²) in [6.45, 7) is 18.9. The van der Waals surface area contributed by atoms with Gasteiger partial charge in [0, 0.05) is 13.2 Å². The number of allylic oxidation sites excluding steroid dienone is 2. The van der Waals surface area contributed by atoms with Crippen LogP contribution in [-0.4, -0.2) is 64.2 Å². The highest BCUT2D eigenvalue weighted by Crippen LogP contribution is 2.67. The van der Waals surface area contributed by atoms with Crippen molar-refractivity contribution in [1.82, 2.24) is 4.90 Å². The van der Waals surface area contributed by atoms with Crippen molar-refractivity contribution in [1.29, 1.82) is 0 Å². The fourth-order valence-corrected chi connectivity index (χ4v) is 11.1. The molecular formula is C45H81NO3. The van der Waals surface area contributed by atoms with Crippen LogP contribution in [0.1, 0.15) is 157 Å². The summed E-state index contributed by atoms with van der Waals surface area (Å²) in [6, 6.07) is 0.320. The zero-order chi connectivity index (χ0) is 35.3. The van der Waals surface area contributed by atoms with Crippen molar-refractivity contribution < 1.29 is 14.2 Å². The number of likely N-dealkylation sites (N-methyl/N-ethyl adjacent to an activating group) is 1. The second kappa shape index (κ2) is 20.5. The third-order valence-corrected chi connectivity index (χ3v) is 14.3. The third-order valence-electron chi connectivity index (χ3n) is 14.3. The number of unbranched alkanes of at least 4 members (excludes halogenated alkanes) is 5. The summed E-state index contributed by atoms with van der Waals surface area (Å²) >= 11 is 0. The molecule has 4 aliphatic carbocycles. The van der Waals surface area contributed by atoms with Crippen LogP contribution in [0.3, 0.4) is 0 Å². The number of nitrogens with zero attached hydrogens (tertiary/aromatic N) is 1. The van der Waals surface area contributed by atoms with Gasteiger partial charge in [-0.2, -0.15) is 0 Å². The van der Waals surface area contributed by atoms with E-state index in [1.807, 2.05) is 0 Å². The van der Waals surface area contributed by atoms with E-state index in [0.29, 0.717) is 29.6 Å². The number of rotatable bonds is 23. The molecule has 4 rings (SSSR count). The van der Waals surface area contributed by atoms with Gasteiger partial charge in [-0.05, 0) is 131 Å². The second-order valence-corrected chi connectivity index (χ2v) is 18.3. The van der Waals surface area contributed by atoms with Gasteiger partial charge in [-0.3, -0.25) is 0 Å². The number of hydrogen-bond donors (Lipinski definition) is 0. The molecule has 0 radical (unpaired) electrons. The number of fused-ring (bicyclic) bond motifs is 5. The number of ether oxygens (including phenoxy) is 3. The molecule has 9 atom stereocenters. The average molecular weight is 684 g/mol. The molecule has 0 saturated heterocycles. The summed E-state index contributed by atoms with van der Waals surface area (Å²) in [5.74, 6) is 5.50. The molecule has 0 N–H and O–H groups in total. The Labute approximate surface area is 304 Å². The van der Waals surface area contributed by atoms with Gasteiger partial charge < -0.3 is 19.1 Å². The highest BCUT2D eigenvalue weighted by Gasteiger charge is 2.59. The molecule has 4 nitrogen and oxygen atoms in total. The van der Waals surface area contributed by atoms with E-state index in [1.165, 1.54) is 103 Å². The first-order valence-corrected chi connectivity index (χ1v) is 21.4. The molecule has 49 heavy (non-hydrogen) atoms. The van der Waals surface area contributed by atoms with Crippen molar-refractivity contribution in [2.24, 2.45) is 46.3 Å². The smallest absolute Gasteiger partial charge is 0.0648 e. The predicted octanol–water partition coefficient (Wildman–Crippen LogP) is 11.7. The van der Waals surface area contributed by atoms with Gasteiger partial charge in [-0.15, -0.1) is 0 Å². The van der Waals surface area contributed by atoms with E-state index in [2.05, 4.69) is 78.8 Å². The molecule has 0 amide bonds. The van der Waals surface area contributed by atoms with E-state index in [1.54, 1.807) is 5.57 Å². The van der Waals surface area contributed by atoms with Gasteiger partial charge in [-0.25, -0.2) is 0 Å². The van der Waals surface area contributed by atoms with Crippen LogP contribution in [0, 0.1) is 46.3 Å². The summed E-state index contributed by atoms with van der Waals surface area (Å²) in [5, 5.41) is 0. The molecule has 4 heteroatoms. The molecule has 3 fully saturated rings. The fraction of sp³-hybridized carbons (Fsp3) is 0.911. The summed E-state index contributed by atoms with van der Waals surface area (Å²) in [5.41, 5.74) is 2.80. The molecule has 0 aliphatic heterocycles. The molecule has 0 bridgehead atoms. The topological polar surface area (TPSA) is 30.9 Å². The van der Waals surface area contributed by atoms with Crippen LogP contribution in [0.4, 0.5) is 0 Å². The van der Waals surface area contributed by atoms with E-state index >= 15 is 0 Å². The molecule has 284 valence electrons. The maximum atomic E-state index is 6.56. The molecule has 3 saturated carbocycles. The molecule has 1 unspecified atom stereocenters. The lowest BCUT2D eigenvalue weighted by molar-refractivity contribution is -0.0641. The summed E-state index contributed by atoms with van der Waals surface area (Å²) in [7, 11) is 4.23. The van der Waals surface area contributed by atoms with Crippen LogP contribution in [0.25, 0.3) is 0 Å². The van der Waals surface area contributed by atoms with Gasteiger partial charge in [0.2, 0.25) is 0 Å². The van der Waals surface area contributed by atoms with Gasteiger partial charge in [0.25, 0.3) is 0 Å². The minimum atomic E-state index is 0.320. The van der Waals surface area contributed by atoms with Crippen LogP contribution in [0.15, 0.2) is 23.8 Å². The minimum Gasteiger partial charge on any atom is -0.380 e. The molecule has 0 aromatic heterocycles. The lowest BCUT2D eigenvalue weighted by atomic mass is 9.47. The van der Waals surface area contributed by atoms with Gasteiger partial charge in [0.05, 0.1) is 32.0 Å². The Bertz CT molecular complexity index is 990. The Hall–Kier alpha value is -0.680. The fourth-order valence-electron chi connectivity index (χ4n) is 11.1. The largest absolute Gasteiger partial charge is 0.380 e. The lowest BCUT2D eigenvalue weighted by Gasteiger charge is -2.58. The summed E-state index contributed by atoms with van der Waals surface area (Å²) in [4.78, 5) is 2.21. The monoisotopic (exact) mass is 684 g/mol. The molecule has 0 aromatic rings. The third kappa shape index (κ3) is 11.4. The van der Waals surface area contributed by atoms with Crippen molar-refractivity contribution in [3.05, 3.63) is 23.8 Å². The van der Waals surface area contributed by atoms with Crippen molar-refractivity contribution in [2.45, 2.75) is 169 Å². The van der Waals surface area contributed by atoms with Crippen LogP contribution in [0.5, 0.6) is 0 Å². The highest BCUT2D eigenvalue weighted by atomic mass is 16.5. The van der Waals surface area contributed by atoms with Gasteiger partial charge in [-0.1, -0.05) is 110 Å². The van der Waals surface area contributed by atoms with Crippen molar-refractivity contribution in [2.75, 3.05) is 47.1 Å². The second-order valence-electron chi connectivity index (χ2n) is 18.3. The van der Waals surface area contributed by atoms with Crippen LogP contribution >= 0.6 is 0 Å². The van der Waals surface area contributed by atoms with Crippen LogP contribution < -0.4 is 0 Å². The molecule has 0 heterocycles. The summed E-state index contributed by atoms with van der Waals surface area (Å²) in [6.07, 6.45) is 31.5. The quantitative estimate of drug-likeness (QED) is 0.0792. The number of hydrogen-bond acceptors (Lipinski definition) is 4. The molecular weight excluding hydrogens is 602 g/mol. The first-order chi connectivity index (χ1) is 23.6. The minimum absolute atomic E-state index is 0.320. The predicted molar refractivity (Wildman–Crippen MR) is 209 cm³/mol. The van der Waals surface area contributed by atoms with Gasteiger partial charge >= 0.3 is 0 Å². The van der Waals surface area contributed by atoms with E-state index < -0.39 is 0 Å². The standard InChI is InChI=1S/C45H81NO3/c1-9-10-15-29-47-33-38(46(7)8)34-48-30-16-13-11-12-14-17-31-49-39-25-27-44(5)37(32-39)21-22-40-42-24-23-41(36(4)20-18-19-35(2)3)45(42,6)28-26-43(40)44/h10,15,21,35-36,38-43H,9,11-14,16-20,22-34H2,1-8H3/b15-10-/t36-,38-,39+,40+,41-,42+,43+,44?,45-/m1/s1. The van der Waals surface area contributed by atoms with E-state index in [-0.39, 0.29) is 0 Å². The van der Waals surface area contributed by atoms with Gasteiger partial charge in [0.1, 0.15) is 0 Å². The van der Waals surface area contributed by atoms with E-state index in [0.717, 1.165) is 74.8 Å². The molecule has 0 spiro atoms. The van der Waals surface area contributed by atoms with E-state index in [9.17, 15) is 0 Å². The van der Waals surface area contributed by atoms with Crippen molar-refractivity contribution in [3.63, 3.8) is 0 Å². The lowest BCUT2D eigenvalue weighted by Crippen LogP contribution is -2.51. The molecule has 0 aromatic carbocycles. The average Bonchev–Trinajstić information content (AvgIpc) is 3.43. The molecule has 4 aliphatic rings. The first-order valence-electron chi connectivity index (χ1n) is 21.4. The van der Waals surface area contributed by atoms with E-state index in [4.69, 9.17) is 14.2 Å². The first kappa shape index (κ1) is 41.1. The Balaban J connectivity index is 1.08. The van der Waals surface area contributed by atoms with Crippen LogP contribution in [0.2, 0.25) is 0 Å². The SMILES string of the molecule is CC/C=C\COC[C@H](COCCCCCCCCO[C@H]1CCC2(C)C(=CC[C@@H]3[C@@H]2CC[C@]2(C)[C@@H]([C@H](C)CCCC(C)C)CC[C@@H]32)C1)N(C)C. The van der Waals surface area contributed by atoms with Crippen LogP contribution in [-0.2, 0) is 14.2 Å². The maximum Gasteiger partial charge on any atom is 0.0648 e. The zero-order valence-electron chi connectivity index (χ0n) is 33.8. The maximum absolute atomic E-state index is 6.56. The Kier molecular flexibility index (Phi) is 17.2. The zero-order valence-corrected chi connectivity index (χ0v) is 33.8.